The second-order valence-electron chi connectivity index (χ2n) is 7.21. The lowest BCUT2D eigenvalue weighted by atomic mass is 9.90. The Hall–Kier alpha value is -3.15. The van der Waals surface area contributed by atoms with Gasteiger partial charge in [-0.15, -0.1) is 0 Å². The molecule has 0 spiro atoms. The Morgan fingerprint density at radius 2 is 1.61 bits per heavy atom. The monoisotopic (exact) mass is 376 g/mol. The summed E-state index contributed by atoms with van der Waals surface area (Å²) in [6, 6.07) is 11.1. The molecule has 0 atom stereocenters. The summed E-state index contributed by atoms with van der Waals surface area (Å²) in [6.45, 7) is 4.83. The first-order valence-electron chi connectivity index (χ1n) is 9.76. The van der Waals surface area contributed by atoms with E-state index in [1.54, 1.807) is 12.1 Å². The van der Waals surface area contributed by atoms with E-state index in [-0.39, 0.29) is 11.8 Å². The predicted molar refractivity (Wildman–Crippen MR) is 108 cm³/mol. The third-order valence-electron chi connectivity index (χ3n) is 5.42. The summed E-state index contributed by atoms with van der Waals surface area (Å²) in [6.07, 6.45) is 4.44. The first kappa shape index (κ1) is 18.2. The molecule has 1 aromatic heterocycles. The van der Waals surface area contributed by atoms with Crippen LogP contribution in [0.2, 0.25) is 0 Å². The van der Waals surface area contributed by atoms with Crippen LogP contribution in [-0.2, 0) is 19.4 Å². The highest BCUT2D eigenvalue weighted by Gasteiger charge is 2.15. The molecule has 0 saturated carbocycles. The fourth-order valence-electron chi connectivity index (χ4n) is 3.92. The third kappa shape index (κ3) is 3.38. The Morgan fingerprint density at radius 3 is 2.32 bits per heavy atom. The topological polar surface area (TPSA) is 76.0 Å². The van der Waals surface area contributed by atoms with Crippen LogP contribution in [-0.4, -0.2) is 21.4 Å². The number of amides is 2. The number of aromatic nitrogens is 2. The molecule has 0 aliphatic heterocycles. The van der Waals surface area contributed by atoms with Gasteiger partial charge in [0, 0.05) is 17.7 Å². The Bertz CT molecular complexity index is 1070. The average Bonchev–Trinajstić information content (AvgIpc) is 3.05. The Balaban J connectivity index is 1.45. The van der Waals surface area contributed by atoms with Crippen LogP contribution in [0, 0.1) is 6.92 Å². The second-order valence-corrected chi connectivity index (χ2v) is 7.21. The van der Waals surface area contributed by atoms with Crippen LogP contribution in [0.4, 0.5) is 0 Å². The van der Waals surface area contributed by atoms with Crippen molar-refractivity contribution in [3.63, 3.8) is 0 Å². The van der Waals surface area contributed by atoms with Crippen LogP contribution < -0.4 is 10.9 Å². The van der Waals surface area contributed by atoms with E-state index in [1.165, 1.54) is 17.5 Å². The minimum absolute atomic E-state index is 0.311. The Labute approximate surface area is 163 Å². The molecular weight excluding hydrogens is 352 g/mol. The molecule has 0 radical (unpaired) electrons. The highest BCUT2D eigenvalue weighted by molar-refractivity contribution is 6.00. The number of imidazole rings is 1. The van der Waals surface area contributed by atoms with Crippen molar-refractivity contribution in [2.75, 3.05) is 0 Å². The molecule has 6 nitrogen and oxygen atoms in total. The standard InChI is InChI=1S/C22H24N4O2/c1-3-26-14(2)23-19-13-18(10-11-20(19)26)22(28)25-24-21(27)17-9-8-15-6-4-5-7-16(15)12-17/h8-13H,3-7H2,1-2H3,(H,24,27)(H,25,28). The lowest BCUT2D eigenvalue weighted by Crippen LogP contribution is -2.41. The van der Waals surface area contributed by atoms with Gasteiger partial charge in [0.2, 0.25) is 0 Å². The first-order chi connectivity index (χ1) is 13.6. The summed E-state index contributed by atoms with van der Waals surface area (Å²) < 4.78 is 2.09. The summed E-state index contributed by atoms with van der Waals surface area (Å²) in [5.74, 6) is 0.238. The van der Waals surface area contributed by atoms with Crippen molar-refractivity contribution in [1.82, 2.24) is 20.4 Å². The molecule has 2 aromatic carbocycles. The maximum atomic E-state index is 12.5. The van der Waals surface area contributed by atoms with Gasteiger partial charge in [-0.05, 0) is 81.0 Å². The van der Waals surface area contributed by atoms with Gasteiger partial charge >= 0.3 is 0 Å². The van der Waals surface area contributed by atoms with Crippen molar-refractivity contribution < 1.29 is 9.59 Å². The van der Waals surface area contributed by atoms with Crippen LogP contribution in [0.15, 0.2) is 36.4 Å². The fourth-order valence-corrected chi connectivity index (χ4v) is 3.92. The number of fused-ring (bicyclic) bond motifs is 2. The highest BCUT2D eigenvalue weighted by Crippen LogP contribution is 2.22. The summed E-state index contributed by atoms with van der Waals surface area (Å²) in [7, 11) is 0. The van der Waals surface area contributed by atoms with E-state index in [0.717, 1.165) is 42.7 Å². The van der Waals surface area contributed by atoms with Gasteiger partial charge in [0.05, 0.1) is 11.0 Å². The van der Waals surface area contributed by atoms with Crippen LogP contribution in [0.3, 0.4) is 0 Å². The van der Waals surface area contributed by atoms with E-state index >= 15 is 0 Å². The molecule has 6 heteroatoms. The molecule has 0 unspecified atom stereocenters. The molecule has 0 bridgehead atoms. The third-order valence-corrected chi connectivity index (χ3v) is 5.42. The van der Waals surface area contributed by atoms with E-state index < -0.39 is 0 Å². The van der Waals surface area contributed by atoms with Gasteiger partial charge in [-0.2, -0.15) is 0 Å². The quantitative estimate of drug-likeness (QED) is 0.689. The number of hydrazine groups is 1. The van der Waals surface area contributed by atoms with E-state index in [2.05, 4.69) is 27.3 Å². The SMILES string of the molecule is CCn1c(C)nc2cc(C(=O)NNC(=O)c3ccc4c(c3)CCCC4)ccc21. The number of hydrogen-bond acceptors (Lipinski definition) is 3. The van der Waals surface area contributed by atoms with Crippen molar-refractivity contribution in [2.24, 2.45) is 0 Å². The summed E-state index contributed by atoms with van der Waals surface area (Å²) in [5.41, 5.74) is 10.4. The van der Waals surface area contributed by atoms with Crippen molar-refractivity contribution in [1.29, 1.82) is 0 Å². The van der Waals surface area contributed by atoms with Gasteiger partial charge in [0.1, 0.15) is 5.82 Å². The lowest BCUT2D eigenvalue weighted by Gasteiger charge is -2.16. The maximum Gasteiger partial charge on any atom is 0.269 e. The number of carbonyl (C=O) groups excluding carboxylic acids is 2. The zero-order valence-corrected chi connectivity index (χ0v) is 16.2. The smallest absolute Gasteiger partial charge is 0.269 e. The normalized spacial score (nSPS) is 13.2. The molecule has 1 aliphatic rings. The van der Waals surface area contributed by atoms with E-state index in [4.69, 9.17) is 0 Å². The van der Waals surface area contributed by atoms with Crippen molar-refractivity contribution in [3.05, 3.63) is 64.5 Å². The van der Waals surface area contributed by atoms with Gasteiger partial charge in [-0.1, -0.05) is 6.07 Å². The zero-order valence-electron chi connectivity index (χ0n) is 16.2. The van der Waals surface area contributed by atoms with Gasteiger partial charge in [0.15, 0.2) is 0 Å². The van der Waals surface area contributed by atoms with Crippen LogP contribution in [0.5, 0.6) is 0 Å². The predicted octanol–water partition coefficient (Wildman–Crippen LogP) is 3.32. The van der Waals surface area contributed by atoms with E-state index in [9.17, 15) is 9.59 Å². The Kier molecular flexibility index (Phi) is 4.86. The van der Waals surface area contributed by atoms with Gasteiger partial charge in [-0.3, -0.25) is 20.4 Å². The fraction of sp³-hybridized carbons (Fsp3) is 0.318. The molecule has 2 amide bonds. The second kappa shape index (κ2) is 7.46. The van der Waals surface area contributed by atoms with Crippen LogP contribution in [0.25, 0.3) is 11.0 Å². The van der Waals surface area contributed by atoms with Crippen LogP contribution in [0.1, 0.15) is 57.4 Å². The van der Waals surface area contributed by atoms with Crippen LogP contribution >= 0.6 is 0 Å². The molecule has 0 fully saturated rings. The van der Waals surface area contributed by atoms with E-state index in [0.29, 0.717) is 11.1 Å². The minimum atomic E-state index is -0.364. The summed E-state index contributed by atoms with van der Waals surface area (Å²) >= 11 is 0. The molecule has 144 valence electrons. The summed E-state index contributed by atoms with van der Waals surface area (Å²) in [4.78, 5) is 29.4. The molecule has 0 saturated heterocycles. The highest BCUT2D eigenvalue weighted by atomic mass is 16.2. The molecule has 28 heavy (non-hydrogen) atoms. The molecule has 2 N–H and O–H groups in total. The number of benzene rings is 2. The molecule has 3 aromatic rings. The number of carbonyl (C=O) groups is 2. The number of hydrogen-bond donors (Lipinski definition) is 2. The molecule has 4 rings (SSSR count). The van der Waals surface area contributed by atoms with Gasteiger partial charge in [0.25, 0.3) is 11.8 Å². The minimum Gasteiger partial charge on any atom is -0.329 e. The lowest BCUT2D eigenvalue weighted by molar-refractivity contribution is 0.0846. The van der Waals surface area contributed by atoms with Crippen molar-refractivity contribution in [2.45, 2.75) is 46.1 Å². The average molecular weight is 376 g/mol. The number of nitrogens with zero attached hydrogens (tertiary/aromatic N) is 2. The van der Waals surface area contributed by atoms with Gasteiger partial charge < -0.3 is 4.57 Å². The largest absolute Gasteiger partial charge is 0.329 e. The number of nitrogens with one attached hydrogen (secondary N) is 2. The summed E-state index contributed by atoms with van der Waals surface area (Å²) in [5, 5.41) is 0. The first-order valence-corrected chi connectivity index (χ1v) is 9.76. The van der Waals surface area contributed by atoms with Crippen molar-refractivity contribution >= 4 is 22.8 Å². The van der Waals surface area contributed by atoms with Gasteiger partial charge in [-0.25, -0.2) is 4.98 Å². The molecule has 1 aliphatic carbocycles. The zero-order chi connectivity index (χ0) is 19.7. The van der Waals surface area contributed by atoms with Crippen molar-refractivity contribution in [3.8, 4) is 0 Å². The van der Waals surface area contributed by atoms with E-state index in [1.807, 2.05) is 31.2 Å². The Morgan fingerprint density at radius 1 is 0.964 bits per heavy atom. The molecule has 1 heterocycles. The molecular formula is C22H24N4O2. The maximum absolute atomic E-state index is 12.5. The number of aryl methyl sites for hydroxylation is 4. The number of rotatable bonds is 3.